The Balaban J connectivity index is 1.15. The van der Waals surface area contributed by atoms with Gasteiger partial charge in [-0.3, -0.25) is 9.59 Å². The summed E-state index contributed by atoms with van der Waals surface area (Å²) in [6.45, 7) is 2.65. The molecule has 2 amide bonds. The zero-order valence-corrected chi connectivity index (χ0v) is 18.1. The number of amides is 2. The average Bonchev–Trinajstić information content (AvgIpc) is 3.43. The van der Waals surface area contributed by atoms with Crippen LogP contribution in [0.1, 0.15) is 17.5 Å². The van der Waals surface area contributed by atoms with Crippen LogP contribution in [0.25, 0.3) is 12.2 Å². The zero-order valence-electron chi connectivity index (χ0n) is 18.1. The molecule has 170 valence electrons. The minimum atomic E-state index is -0.0714. The number of ether oxygens (including phenoxy) is 4. The van der Waals surface area contributed by atoms with Gasteiger partial charge in [-0.2, -0.15) is 0 Å². The third kappa shape index (κ3) is 4.79. The van der Waals surface area contributed by atoms with Gasteiger partial charge >= 0.3 is 0 Å². The van der Waals surface area contributed by atoms with Crippen LogP contribution in [0.2, 0.25) is 0 Å². The molecule has 0 atom stereocenters. The highest BCUT2D eigenvalue weighted by Gasteiger charge is 2.20. The Bertz CT molecular complexity index is 1040. The van der Waals surface area contributed by atoms with Crippen molar-refractivity contribution < 1.29 is 28.5 Å². The van der Waals surface area contributed by atoms with Crippen LogP contribution >= 0.6 is 0 Å². The van der Waals surface area contributed by atoms with Gasteiger partial charge in [-0.05, 0) is 54.0 Å². The van der Waals surface area contributed by atoms with Gasteiger partial charge in [0.1, 0.15) is 0 Å². The first kappa shape index (κ1) is 20.9. The van der Waals surface area contributed by atoms with Gasteiger partial charge in [-0.1, -0.05) is 12.1 Å². The summed E-state index contributed by atoms with van der Waals surface area (Å²) in [6, 6.07) is 11.1. The zero-order chi connectivity index (χ0) is 22.6. The minimum Gasteiger partial charge on any atom is -0.454 e. The van der Waals surface area contributed by atoms with E-state index in [0.29, 0.717) is 49.2 Å². The van der Waals surface area contributed by atoms with Crippen LogP contribution in [-0.2, 0) is 9.59 Å². The third-order valence-corrected chi connectivity index (χ3v) is 5.75. The number of benzene rings is 2. The molecule has 0 aromatic heterocycles. The van der Waals surface area contributed by atoms with Crippen molar-refractivity contribution in [1.82, 2.24) is 9.80 Å². The van der Waals surface area contributed by atoms with Crippen molar-refractivity contribution in [2.75, 3.05) is 39.8 Å². The van der Waals surface area contributed by atoms with E-state index >= 15 is 0 Å². The summed E-state index contributed by atoms with van der Waals surface area (Å²) in [5, 5.41) is 0. The van der Waals surface area contributed by atoms with E-state index in [1.54, 1.807) is 34.1 Å². The largest absolute Gasteiger partial charge is 0.454 e. The van der Waals surface area contributed by atoms with Gasteiger partial charge in [-0.25, -0.2) is 0 Å². The van der Waals surface area contributed by atoms with Gasteiger partial charge < -0.3 is 28.7 Å². The minimum absolute atomic E-state index is 0.0714. The molecule has 33 heavy (non-hydrogen) atoms. The van der Waals surface area contributed by atoms with Gasteiger partial charge in [0, 0.05) is 38.3 Å². The fourth-order valence-electron chi connectivity index (χ4n) is 3.94. The van der Waals surface area contributed by atoms with Crippen LogP contribution in [0, 0.1) is 0 Å². The highest BCUT2D eigenvalue weighted by molar-refractivity contribution is 5.93. The lowest BCUT2D eigenvalue weighted by atomic mass is 10.2. The standard InChI is InChI=1S/C25H24N2O6/c28-24(8-4-18-2-6-20-22(14-18)32-16-30-20)26-10-1-11-27(13-12-26)25(29)9-5-19-3-7-21-23(15-19)33-17-31-21/h2-9,14-15H,1,10-13,16-17H2/b8-4+,9-5+. The Labute approximate surface area is 191 Å². The topological polar surface area (TPSA) is 77.5 Å². The van der Waals surface area contributed by atoms with Crippen LogP contribution in [-0.4, -0.2) is 61.4 Å². The maximum absolute atomic E-state index is 12.7. The van der Waals surface area contributed by atoms with E-state index in [2.05, 4.69) is 0 Å². The highest BCUT2D eigenvalue weighted by atomic mass is 16.7. The molecule has 0 aliphatic carbocycles. The smallest absolute Gasteiger partial charge is 0.246 e. The fourth-order valence-corrected chi connectivity index (χ4v) is 3.94. The SMILES string of the molecule is O=C(/C=C/c1ccc2c(c1)OCO2)N1CCCN(C(=O)/C=C/c2ccc3c(c2)OCO3)CC1. The molecular weight excluding hydrogens is 424 g/mol. The number of carbonyl (C=O) groups excluding carboxylic acids is 2. The van der Waals surface area contributed by atoms with Gasteiger partial charge in [0.25, 0.3) is 0 Å². The molecule has 2 aromatic carbocycles. The van der Waals surface area contributed by atoms with Crippen LogP contribution in [0.3, 0.4) is 0 Å². The number of rotatable bonds is 4. The number of hydrogen-bond acceptors (Lipinski definition) is 6. The second-order valence-corrected chi connectivity index (χ2v) is 7.90. The Morgan fingerprint density at radius 3 is 1.58 bits per heavy atom. The first-order valence-corrected chi connectivity index (χ1v) is 10.9. The predicted octanol–water partition coefficient (Wildman–Crippen LogP) is 2.93. The molecule has 1 saturated heterocycles. The number of nitrogens with zero attached hydrogens (tertiary/aromatic N) is 2. The fraction of sp³-hybridized carbons (Fsp3) is 0.280. The molecule has 8 heteroatoms. The number of fused-ring (bicyclic) bond motifs is 2. The van der Waals surface area contributed by atoms with Crippen LogP contribution in [0.15, 0.2) is 48.6 Å². The molecular formula is C25H24N2O6. The highest BCUT2D eigenvalue weighted by Crippen LogP contribution is 2.33. The van der Waals surface area contributed by atoms with Crippen molar-refractivity contribution >= 4 is 24.0 Å². The number of carbonyl (C=O) groups is 2. The monoisotopic (exact) mass is 448 g/mol. The summed E-state index contributed by atoms with van der Waals surface area (Å²) < 4.78 is 21.4. The first-order chi connectivity index (χ1) is 16.2. The van der Waals surface area contributed by atoms with Gasteiger partial charge in [0.2, 0.25) is 25.4 Å². The summed E-state index contributed by atoms with van der Waals surface area (Å²) >= 11 is 0. The van der Waals surface area contributed by atoms with Crippen molar-refractivity contribution in [3.05, 3.63) is 59.7 Å². The molecule has 0 unspecified atom stereocenters. The number of hydrogen-bond donors (Lipinski definition) is 0. The van der Waals surface area contributed by atoms with E-state index in [-0.39, 0.29) is 25.4 Å². The van der Waals surface area contributed by atoms with E-state index in [1.165, 1.54) is 0 Å². The van der Waals surface area contributed by atoms with E-state index < -0.39 is 0 Å². The maximum atomic E-state index is 12.7. The lowest BCUT2D eigenvalue weighted by molar-refractivity contribution is -0.128. The molecule has 0 bridgehead atoms. The third-order valence-electron chi connectivity index (χ3n) is 5.75. The molecule has 0 N–H and O–H groups in total. The van der Waals surface area contributed by atoms with Crippen molar-refractivity contribution in [1.29, 1.82) is 0 Å². The van der Waals surface area contributed by atoms with Crippen molar-refractivity contribution in [2.24, 2.45) is 0 Å². The second kappa shape index (κ2) is 9.28. The molecule has 3 aliphatic heterocycles. The molecule has 0 spiro atoms. The molecule has 3 aliphatic rings. The summed E-state index contributed by atoms with van der Waals surface area (Å²) in [4.78, 5) is 28.9. The van der Waals surface area contributed by atoms with E-state index in [9.17, 15) is 9.59 Å². The molecule has 0 radical (unpaired) electrons. The quantitative estimate of drug-likeness (QED) is 0.670. The summed E-state index contributed by atoms with van der Waals surface area (Å²) in [6.07, 6.45) is 7.40. The lowest BCUT2D eigenvalue weighted by Crippen LogP contribution is -2.36. The molecule has 2 aromatic rings. The van der Waals surface area contributed by atoms with Crippen LogP contribution in [0.5, 0.6) is 23.0 Å². The predicted molar refractivity (Wildman–Crippen MR) is 121 cm³/mol. The summed E-state index contributed by atoms with van der Waals surface area (Å²) in [7, 11) is 0. The van der Waals surface area contributed by atoms with Crippen molar-refractivity contribution in [2.45, 2.75) is 6.42 Å². The van der Waals surface area contributed by atoms with Gasteiger partial charge in [0.15, 0.2) is 23.0 Å². The van der Waals surface area contributed by atoms with Gasteiger partial charge in [-0.15, -0.1) is 0 Å². The molecule has 1 fully saturated rings. The van der Waals surface area contributed by atoms with Crippen molar-refractivity contribution in [3.8, 4) is 23.0 Å². The first-order valence-electron chi connectivity index (χ1n) is 10.9. The Morgan fingerprint density at radius 1 is 0.636 bits per heavy atom. The average molecular weight is 448 g/mol. The van der Waals surface area contributed by atoms with Crippen molar-refractivity contribution in [3.63, 3.8) is 0 Å². The maximum Gasteiger partial charge on any atom is 0.246 e. The Kier molecular flexibility index (Phi) is 5.89. The Morgan fingerprint density at radius 2 is 1.09 bits per heavy atom. The normalized spacial score (nSPS) is 17.1. The second-order valence-electron chi connectivity index (χ2n) is 7.90. The molecule has 5 rings (SSSR count). The van der Waals surface area contributed by atoms with Gasteiger partial charge in [0.05, 0.1) is 0 Å². The summed E-state index contributed by atoms with van der Waals surface area (Å²) in [5.74, 6) is 2.65. The molecule has 0 saturated carbocycles. The van der Waals surface area contributed by atoms with E-state index in [4.69, 9.17) is 18.9 Å². The summed E-state index contributed by atoms with van der Waals surface area (Å²) in [5.41, 5.74) is 1.74. The Hall–Kier alpha value is -3.94. The lowest BCUT2D eigenvalue weighted by Gasteiger charge is -2.20. The molecule has 8 nitrogen and oxygen atoms in total. The van der Waals surface area contributed by atoms with Crippen LogP contribution in [0.4, 0.5) is 0 Å². The van der Waals surface area contributed by atoms with E-state index in [1.807, 2.05) is 36.4 Å². The van der Waals surface area contributed by atoms with Crippen LogP contribution < -0.4 is 18.9 Å². The molecule has 3 heterocycles. The van der Waals surface area contributed by atoms with E-state index in [0.717, 1.165) is 17.5 Å².